The van der Waals surface area contributed by atoms with Gasteiger partial charge in [-0.05, 0) is 0 Å². The van der Waals surface area contributed by atoms with Gasteiger partial charge in [-0.15, -0.1) is 0 Å². The highest BCUT2D eigenvalue weighted by Crippen LogP contribution is 1.80. The topological polar surface area (TPSA) is 97.6 Å². The van der Waals surface area contributed by atoms with E-state index >= 15 is 0 Å². The van der Waals surface area contributed by atoms with Crippen LogP contribution >= 0.6 is 0 Å². The van der Waals surface area contributed by atoms with Gasteiger partial charge in [-0.2, -0.15) is 0 Å². The zero-order chi connectivity index (χ0) is 13.9. The van der Waals surface area contributed by atoms with Crippen molar-refractivity contribution in [1.82, 2.24) is 0 Å². The predicted molar refractivity (Wildman–Crippen MR) is 65.6 cm³/mol. The van der Waals surface area contributed by atoms with E-state index in [4.69, 9.17) is 29.5 Å². The molecule has 0 bridgehead atoms. The van der Waals surface area contributed by atoms with Gasteiger partial charge in [0.25, 0.3) is 0 Å². The van der Waals surface area contributed by atoms with Gasteiger partial charge >= 0.3 is 0 Å². The molecule has 7 nitrogen and oxygen atoms in total. The number of ether oxygens (including phenoxy) is 4. The van der Waals surface area contributed by atoms with Crippen molar-refractivity contribution in [2.75, 3.05) is 73.2 Å². The van der Waals surface area contributed by atoms with Gasteiger partial charge < -0.3 is 34.3 Å². The molecule has 0 aromatic rings. The van der Waals surface area contributed by atoms with Crippen LogP contribution in [0.3, 0.4) is 0 Å². The monoisotopic (exact) mass is 270 g/mol. The van der Waals surface area contributed by atoms with Crippen molar-refractivity contribution in [2.24, 2.45) is 0 Å². The molecule has 0 fully saturated rings. The molecule has 18 heavy (non-hydrogen) atoms. The minimum atomic E-state index is 0.0413. The maximum Gasteiger partial charge on any atom is 0.0701 e. The van der Waals surface area contributed by atoms with Crippen molar-refractivity contribution >= 4 is 0 Å². The number of aliphatic hydroxyl groups is 3. The van der Waals surface area contributed by atoms with Gasteiger partial charge in [-0.3, -0.25) is 0 Å². The van der Waals surface area contributed by atoms with E-state index in [1.807, 2.05) is 0 Å². The molecule has 0 saturated heterocycles. The second kappa shape index (κ2) is 21.9. The Morgan fingerprint density at radius 1 is 0.556 bits per heavy atom. The molecule has 0 aliphatic rings. The third-order valence-electron chi connectivity index (χ3n) is 1.51. The highest BCUT2D eigenvalue weighted by Gasteiger charge is 1.89. The standard InChI is InChI=1S/C8H18O5.C3H8O2/c9-1-3-11-5-7-13-8-6-12-4-2-10;1-5-3-2-4/h9-10H,1-8H2;4H,2-3H2,1H3. The molecule has 0 aliphatic carbocycles. The summed E-state index contributed by atoms with van der Waals surface area (Å²) in [5, 5.41) is 24.7. The summed E-state index contributed by atoms with van der Waals surface area (Å²) in [6, 6.07) is 0. The Bertz CT molecular complexity index is 112. The van der Waals surface area contributed by atoms with E-state index in [2.05, 4.69) is 4.74 Å². The summed E-state index contributed by atoms with van der Waals surface area (Å²) in [6.45, 7) is 3.33. The van der Waals surface area contributed by atoms with Crippen LogP contribution in [0.2, 0.25) is 0 Å². The Morgan fingerprint density at radius 2 is 0.889 bits per heavy atom. The van der Waals surface area contributed by atoms with Crippen molar-refractivity contribution in [3.8, 4) is 0 Å². The average Bonchev–Trinajstić information content (AvgIpc) is 2.39. The van der Waals surface area contributed by atoms with E-state index in [1.165, 1.54) is 0 Å². The van der Waals surface area contributed by atoms with Crippen LogP contribution in [-0.2, 0) is 18.9 Å². The molecule has 0 aliphatic heterocycles. The second-order valence-electron chi connectivity index (χ2n) is 3.00. The number of hydrogen-bond acceptors (Lipinski definition) is 7. The van der Waals surface area contributed by atoms with Gasteiger partial charge in [0.15, 0.2) is 0 Å². The quantitative estimate of drug-likeness (QED) is 0.377. The Balaban J connectivity index is 0. The Morgan fingerprint density at radius 3 is 1.11 bits per heavy atom. The van der Waals surface area contributed by atoms with Crippen LogP contribution in [0.5, 0.6) is 0 Å². The van der Waals surface area contributed by atoms with Crippen molar-refractivity contribution in [2.45, 2.75) is 0 Å². The van der Waals surface area contributed by atoms with Crippen molar-refractivity contribution < 1.29 is 34.3 Å². The SMILES string of the molecule is COCCO.OCCOCCOCCOCCO. The smallest absolute Gasteiger partial charge is 0.0701 e. The first-order valence-electron chi connectivity index (χ1n) is 5.88. The van der Waals surface area contributed by atoms with Gasteiger partial charge in [0.05, 0.1) is 66.1 Å². The number of aliphatic hydroxyl groups excluding tert-OH is 3. The summed E-state index contributed by atoms with van der Waals surface area (Å²) in [4.78, 5) is 0. The minimum Gasteiger partial charge on any atom is -0.394 e. The third kappa shape index (κ3) is 24.8. The Labute approximate surface area is 108 Å². The molecule has 0 rings (SSSR count). The lowest BCUT2D eigenvalue weighted by Gasteiger charge is -2.04. The summed E-state index contributed by atoms with van der Waals surface area (Å²) in [5.41, 5.74) is 0. The first-order chi connectivity index (χ1) is 8.83. The number of methoxy groups -OCH3 is 1. The molecule has 0 unspecified atom stereocenters. The second-order valence-corrected chi connectivity index (χ2v) is 3.00. The van der Waals surface area contributed by atoms with E-state index < -0.39 is 0 Å². The van der Waals surface area contributed by atoms with E-state index in [-0.39, 0.29) is 19.8 Å². The van der Waals surface area contributed by atoms with Gasteiger partial charge in [-0.25, -0.2) is 0 Å². The van der Waals surface area contributed by atoms with Crippen molar-refractivity contribution in [3.63, 3.8) is 0 Å². The minimum absolute atomic E-state index is 0.0413. The summed E-state index contributed by atoms with van der Waals surface area (Å²) >= 11 is 0. The fraction of sp³-hybridized carbons (Fsp3) is 1.00. The molecule has 3 N–H and O–H groups in total. The normalized spacial score (nSPS) is 10.0. The fourth-order valence-electron chi connectivity index (χ4n) is 0.762. The number of rotatable bonds is 12. The van der Waals surface area contributed by atoms with Crippen LogP contribution in [0.15, 0.2) is 0 Å². The summed E-state index contributed by atoms with van der Waals surface area (Å²) in [6.07, 6.45) is 0. The molecule has 0 aromatic heterocycles. The Kier molecular flexibility index (Phi) is 24.4. The molecule has 0 atom stereocenters. The van der Waals surface area contributed by atoms with Gasteiger partial charge in [0.1, 0.15) is 0 Å². The van der Waals surface area contributed by atoms with Crippen LogP contribution in [-0.4, -0.2) is 88.5 Å². The van der Waals surface area contributed by atoms with Gasteiger partial charge in [0, 0.05) is 7.11 Å². The summed E-state index contributed by atoms with van der Waals surface area (Å²) in [5.74, 6) is 0. The van der Waals surface area contributed by atoms with Gasteiger partial charge in [0.2, 0.25) is 0 Å². The summed E-state index contributed by atoms with van der Waals surface area (Å²) < 4.78 is 19.5. The molecule has 0 saturated carbocycles. The van der Waals surface area contributed by atoms with E-state index in [0.717, 1.165) is 0 Å². The van der Waals surface area contributed by atoms with Crippen molar-refractivity contribution in [1.29, 1.82) is 0 Å². The predicted octanol–water partition coefficient (Wildman–Crippen LogP) is -1.35. The van der Waals surface area contributed by atoms with E-state index in [1.54, 1.807) is 7.11 Å². The lowest BCUT2D eigenvalue weighted by atomic mass is 10.7. The zero-order valence-corrected chi connectivity index (χ0v) is 11.0. The van der Waals surface area contributed by atoms with Crippen LogP contribution in [0.1, 0.15) is 0 Å². The zero-order valence-electron chi connectivity index (χ0n) is 11.0. The Hall–Kier alpha value is -0.280. The molecule has 0 heterocycles. The third-order valence-corrected chi connectivity index (χ3v) is 1.51. The average molecular weight is 270 g/mol. The van der Waals surface area contributed by atoms with Crippen molar-refractivity contribution in [3.05, 3.63) is 0 Å². The maximum atomic E-state index is 8.36. The maximum absolute atomic E-state index is 8.36. The molecule has 7 heteroatoms. The van der Waals surface area contributed by atoms with Gasteiger partial charge in [-0.1, -0.05) is 0 Å². The number of hydrogen-bond donors (Lipinski definition) is 3. The lowest BCUT2D eigenvalue weighted by Crippen LogP contribution is -2.11. The fourth-order valence-corrected chi connectivity index (χ4v) is 0.762. The molecule has 0 aromatic carbocycles. The van der Waals surface area contributed by atoms with E-state index in [0.29, 0.717) is 46.2 Å². The molecular formula is C11H26O7. The van der Waals surface area contributed by atoms with Crippen LogP contribution in [0, 0.1) is 0 Å². The van der Waals surface area contributed by atoms with Crippen LogP contribution < -0.4 is 0 Å². The van der Waals surface area contributed by atoms with Crippen LogP contribution in [0.25, 0.3) is 0 Å². The first-order valence-corrected chi connectivity index (χ1v) is 5.88. The summed E-state index contributed by atoms with van der Waals surface area (Å²) in [7, 11) is 1.55. The highest BCUT2D eigenvalue weighted by atomic mass is 16.5. The molecule has 0 radical (unpaired) electrons. The largest absolute Gasteiger partial charge is 0.394 e. The molecular weight excluding hydrogens is 244 g/mol. The van der Waals surface area contributed by atoms with Crippen LogP contribution in [0.4, 0.5) is 0 Å². The lowest BCUT2D eigenvalue weighted by molar-refractivity contribution is 0.00230. The van der Waals surface area contributed by atoms with E-state index in [9.17, 15) is 0 Å². The molecule has 0 spiro atoms. The molecule has 112 valence electrons. The molecule has 0 amide bonds. The highest BCUT2D eigenvalue weighted by molar-refractivity contribution is 4.33. The first kappa shape index (κ1) is 20.0.